The molecule has 1 fully saturated rings. The molecule has 7 nitrogen and oxygen atoms in total. The second-order valence-corrected chi connectivity index (χ2v) is 12.9. The fourth-order valence-corrected chi connectivity index (χ4v) is 8.94. The highest BCUT2D eigenvalue weighted by atomic mass is 32.2. The molecule has 6 atom stereocenters. The summed E-state index contributed by atoms with van der Waals surface area (Å²) < 4.78 is 71.0. The molecule has 4 N–H and O–H groups in total. The Morgan fingerprint density at radius 2 is 1.72 bits per heavy atom. The molecule has 0 radical (unpaired) electrons. The largest absolute Gasteiger partial charge is 0.416 e. The zero-order chi connectivity index (χ0) is 28.9. The van der Waals surface area contributed by atoms with Gasteiger partial charge >= 0.3 is 6.18 Å². The summed E-state index contributed by atoms with van der Waals surface area (Å²) in [5, 5.41) is 49.4. The van der Waals surface area contributed by atoms with Crippen LogP contribution >= 0.6 is 10.9 Å². The molecule has 0 amide bonds. The maximum atomic E-state index is 14.1. The summed E-state index contributed by atoms with van der Waals surface area (Å²) in [6.07, 6.45) is -6.27. The van der Waals surface area contributed by atoms with E-state index in [9.17, 15) is 42.4 Å². The average Bonchev–Trinajstić information content (AvgIpc) is 3.31. The van der Waals surface area contributed by atoms with Gasteiger partial charge in [-0.3, -0.25) is 0 Å². The Balaban J connectivity index is 1.71. The maximum absolute atomic E-state index is 14.1. The van der Waals surface area contributed by atoms with Crippen molar-refractivity contribution in [3.05, 3.63) is 70.9 Å². The van der Waals surface area contributed by atoms with Crippen LogP contribution < -0.4 is 0 Å². The van der Waals surface area contributed by atoms with Crippen molar-refractivity contribution in [2.24, 2.45) is 0 Å². The van der Waals surface area contributed by atoms with Crippen molar-refractivity contribution in [2.45, 2.75) is 61.3 Å². The van der Waals surface area contributed by atoms with Gasteiger partial charge in [-0.05, 0) is 44.5 Å². The third-order valence-corrected chi connectivity index (χ3v) is 10.8. The van der Waals surface area contributed by atoms with E-state index < -0.39 is 75.2 Å². The van der Waals surface area contributed by atoms with E-state index >= 15 is 0 Å². The lowest BCUT2D eigenvalue weighted by Gasteiger charge is -2.51. The molecular weight excluding hydrogens is 545 g/mol. The SMILES string of the molecule is Cc1c(F)cc(-c2cn([C@@H]3[C@@H](O)[C@@H](CO)[SH](C(c4ccccc4C(F)(F)F)C(C)(C)O)C[C@@H]3O)nn2)cc1F. The number of thiol groups is 1. The van der Waals surface area contributed by atoms with Crippen LogP contribution in [-0.4, -0.2) is 70.8 Å². The number of alkyl halides is 3. The van der Waals surface area contributed by atoms with Crippen LogP contribution in [0.3, 0.4) is 0 Å². The Bertz CT molecular complexity index is 1310. The fourth-order valence-electron chi connectivity index (χ4n) is 5.26. The van der Waals surface area contributed by atoms with Crippen LogP contribution in [0.15, 0.2) is 42.6 Å². The van der Waals surface area contributed by atoms with Crippen molar-refractivity contribution >= 4 is 10.9 Å². The Labute approximate surface area is 224 Å². The number of halogens is 5. The highest BCUT2D eigenvalue weighted by Gasteiger charge is 2.50. The molecule has 0 saturated carbocycles. The molecule has 0 spiro atoms. The van der Waals surface area contributed by atoms with Gasteiger partial charge in [-0.1, -0.05) is 23.4 Å². The smallest absolute Gasteiger partial charge is 0.395 e. The average molecular weight is 576 g/mol. The molecule has 3 aromatic rings. The zero-order valence-corrected chi connectivity index (χ0v) is 22.2. The summed E-state index contributed by atoms with van der Waals surface area (Å²) in [6.45, 7) is 3.36. The van der Waals surface area contributed by atoms with Crippen LogP contribution in [0.5, 0.6) is 0 Å². The lowest BCUT2D eigenvalue weighted by Crippen LogP contribution is -2.52. The molecule has 2 heterocycles. The maximum Gasteiger partial charge on any atom is 0.416 e. The van der Waals surface area contributed by atoms with Crippen LogP contribution in [0.25, 0.3) is 11.3 Å². The summed E-state index contributed by atoms with van der Waals surface area (Å²) in [7, 11) is -1.83. The summed E-state index contributed by atoms with van der Waals surface area (Å²) in [4.78, 5) is 0. The lowest BCUT2D eigenvalue weighted by molar-refractivity contribution is -0.138. The van der Waals surface area contributed by atoms with Crippen molar-refractivity contribution in [3.8, 4) is 11.3 Å². The molecule has 1 saturated heterocycles. The first kappa shape index (κ1) is 29.4. The minimum atomic E-state index is -4.72. The Morgan fingerprint density at radius 1 is 1.10 bits per heavy atom. The first-order valence-electron chi connectivity index (χ1n) is 12.1. The summed E-state index contributed by atoms with van der Waals surface area (Å²) in [5.74, 6) is -1.72. The molecule has 2 unspecified atom stereocenters. The molecule has 39 heavy (non-hydrogen) atoms. The van der Waals surface area contributed by atoms with Crippen LogP contribution in [0.2, 0.25) is 0 Å². The number of aliphatic hydroxyl groups excluding tert-OH is 3. The quantitative estimate of drug-likeness (QED) is 0.227. The van der Waals surface area contributed by atoms with Gasteiger partial charge in [0.15, 0.2) is 0 Å². The second kappa shape index (κ2) is 10.8. The molecule has 2 aromatic carbocycles. The molecule has 1 aromatic heterocycles. The third-order valence-electron chi connectivity index (χ3n) is 7.10. The minimum absolute atomic E-state index is 0.0639. The Hall–Kier alpha value is -2.58. The number of benzene rings is 2. The van der Waals surface area contributed by atoms with Gasteiger partial charge in [0.1, 0.15) is 23.4 Å². The predicted octanol–water partition coefficient (Wildman–Crippen LogP) is 3.70. The van der Waals surface area contributed by atoms with Crippen molar-refractivity contribution in [2.75, 3.05) is 12.4 Å². The molecule has 214 valence electrons. The number of aromatic nitrogens is 3. The number of aliphatic hydroxyl groups is 4. The van der Waals surface area contributed by atoms with Gasteiger partial charge < -0.3 is 20.4 Å². The van der Waals surface area contributed by atoms with E-state index in [4.69, 9.17) is 0 Å². The molecule has 1 aliphatic heterocycles. The highest BCUT2D eigenvalue weighted by molar-refractivity contribution is 8.18. The molecule has 1 aliphatic rings. The molecule has 13 heteroatoms. The van der Waals surface area contributed by atoms with E-state index in [1.165, 1.54) is 45.2 Å². The monoisotopic (exact) mass is 575 g/mol. The van der Waals surface area contributed by atoms with Gasteiger partial charge in [0, 0.05) is 27.4 Å². The first-order chi connectivity index (χ1) is 18.1. The zero-order valence-electron chi connectivity index (χ0n) is 21.3. The Kier molecular flexibility index (Phi) is 8.12. The van der Waals surface area contributed by atoms with Crippen molar-refractivity contribution in [1.82, 2.24) is 15.0 Å². The molecule has 4 rings (SSSR count). The first-order valence-corrected chi connectivity index (χ1v) is 13.8. The van der Waals surface area contributed by atoms with Gasteiger partial charge in [0.25, 0.3) is 0 Å². The van der Waals surface area contributed by atoms with Gasteiger partial charge in [-0.25, -0.2) is 24.4 Å². The number of nitrogens with zero attached hydrogens (tertiary/aromatic N) is 3. The van der Waals surface area contributed by atoms with Crippen LogP contribution in [0.4, 0.5) is 22.0 Å². The summed E-state index contributed by atoms with van der Waals surface area (Å²) >= 11 is 0. The predicted molar refractivity (Wildman–Crippen MR) is 136 cm³/mol. The van der Waals surface area contributed by atoms with E-state index in [1.807, 2.05) is 0 Å². The molecular formula is C26H30F5N3O4S. The normalized spacial score (nSPS) is 26.0. The van der Waals surface area contributed by atoms with E-state index in [0.29, 0.717) is 0 Å². The van der Waals surface area contributed by atoms with E-state index in [0.717, 1.165) is 22.9 Å². The molecule has 0 aliphatic carbocycles. The lowest BCUT2D eigenvalue weighted by atomic mass is 9.93. The number of hydrogen-bond acceptors (Lipinski definition) is 6. The fraction of sp³-hybridized carbons (Fsp3) is 0.462. The van der Waals surface area contributed by atoms with Gasteiger partial charge in [-0.15, -0.1) is 5.10 Å². The van der Waals surface area contributed by atoms with E-state index in [1.54, 1.807) is 0 Å². The second-order valence-electron chi connectivity index (χ2n) is 10.3. The van der Waals surface area contributed by atoms with Crippen molar-refractivity contribution in [3.63, 3.8) is 0 Å². The minimum Gasteiger partial charge on any atom is -0.395 e. The summed E-state index contributed by atoms with van der Waals surface area (Å²) in [5.41, 5.74) is -2.86. The van der Waals surface area contributed by atoms with E-state index in [2.05, 4.69) is 10.3 Å². The number of hydrogen-bond donors (Lipinski definition) is 5. The summed E-state index contributed by atoms with van der Waals surface area (Å²) in [6, 6.07) is 5.80. The van der Waals surface area contributed by atoms with Gasteiger partial charge in [0.05, 0.1) is 36.2 Å². The highest BCUT2D eigenvalue weighted by Crippen LogP contribution is 2.58. The van der Waals surface area contributed by atoms with Crippen LogP contribution in [-0.2, 0) is 6.18 Å². The number of rotatable bonds is 6. The van der Waals surface area contributed by atoms with E-state index in [-0.39, 0.29) is 28.1 Å². The molecule has 0 bridgehead atoms. The van der Waals surface area contributed by atoms with Crippen molar-refractivity contribution in [1.29, 1.82) is 0 Å². The van der Waals surface area contributed by atoms with Gasteiger partial charge in [-0.2, -0.15) is 13.2 Å². The van der Waals surface area contributed by atoms with Crippen LogP contribution in [0, 0.1) is 18.6 Å². The third kappa shape index (κ3) is 5.68. The standard InChI is InChI=1S/C26H30F5N3O4S/c1-13-17(27)8-14(9-18(13)28)19-10-34(33-32-19)22-20(36)12-39(21(11-35)23(22)37)24(25(2,3)38)15-6-4-5-7-16(15)26(29,30)31/h4-10,20-24,35-39H,11-12H2,1-3H3/t20-,21+,22-,23-,24?/m0/s1. The van der Waals surface area contributed by atoms with Gasteiger partial charge in [0.2, 0.25) is 0 Å². The Morgan fingerprint density at radius 3 is 2.28 bits per heavy atom. The van der Waals surface area contributed by atoms with Crippen molar-refractivity contribution < 1.29 is 42.4 Å². The topological polar surface area (TPSA) is 112 Å². The van der Waals surface area contributed by atoms with Crippen LogP contribution in [0.1, 0.15) is 41.8 Å².